The molecule has 140 valence electrons. The Bertz CT molecular complexity index is 1040. The standard InChI is InChI=1S/C17H13ClF2N4O2S/c18-11-5-3-7-13(15(11)27-17(19)20)21-14(25)8-9-24-16(26)10-4-1-2-6-12(10)22-23-24/h1-7,17H,8-9H2,(H,21,25). The van der Waals surface area contributed by atoms with Gasteiger partial charge in [-0.1, -0.05) is 46.8 Å². The fourth-order valence-electron chi connectivity index (χ4n) is 2.41. The van der Waals surface area contributed by atoms with Gasteiger partial charge in [-0.15, -0.1) is 5.10 Å². The predicted octanol–water partition coefficient (Wildman–Crippen LogP) is 3.79. The van der Waals surface area contributed by atoms with Crippen molar-refractivity contribution in [3.63, 3.8) is 0 Å². The Morgan fingerprint density at radius 1 is 1.22 bits per heavy atom. The van der Waals surface area contributed by atoms with Gasteiger partial charge in [0.25, 0.3) is 11.3 Å². The van der Waals surface area contributed by atoms with Gasteiger partial charge in [-0.05, 0) is 24.3 Å². The number of anilines is 1. The summed E-state index contributed by atoms with van der Waals surface area (Å²) in [4.78, 5) is 24.6. The van der Waals surface area contributed by atoms with Crippen LogP contribution in [0.3, 0.4) is 0 Å². The van der Waals surface area contributed by atoms with Crippen LogP contribution in [0.4, 0.5) is 14.5 Å². The summed E-state index contributed by atoms with van der Waals surface area (Å²) in [6, 6.07) is 11.2. The lowest BCUT2D eigenvalue weighted by atomic mass is 10.2. The van der Waals surface area contributed by atoms with Crippen molar-refractivity contribution in [3.8, 4) is 0 Å². The number of aromatic nitrogens is 3. The number of amides is 1. The van der Waals surface area contributed by atoms with E-state index in [0.717, 1.165) is 4.68 Å². The molecule has 0 saturated carbocycles. The molecular formula is C17H13ClF2N4O2S. The van der Waals surface area contributed by atoms with Crippen molar-refractivity contribution in [3.05, 3.63) is 57.8 Å². The van der Waals surface area contributed by atoms with E-state index >= 15 is 0 Å². The van der Waals surface area contributed by atoms with Gasteiger partial charge in [-0.3, -0.25) is 9.59 Å². The van der Waals surface area contributed by atoms with Crippen LogP contribution in [0.25, 0.3) is 10.9 Å². The molecule has 3 rings (SSSR count). The number of nitrogens with zero attached hydrogens (tertiary/aromatic N) is 3. The lowest BCUT2D eigenvalue weighted by Crippen LogP contribution is -2.26. The summed E-state index contributed by atoms with van der Waals surface area (Å²) in [6.07, 6.45) is -0.0851. The summed E-state index contributed by atoms with van der Waals surface area (Å²) in [5, 5.41) is 10.8. The van der Waals surface area contributed by atoms with Crippen molar-refractivity contribution in [1.82, 2.24) is 15.0 Å². The third-order valence-electron chi connectivity index (χ3n) is 3.63. The zero-order valence-corrected chi connectivity index (χ0v) is 15.3. The number of nitrogens with one attached hydrogen (secondary N) is 1. The molecule has 1 N–H and O–H groups in total. The van der Waals surface area contributed by atoms with Gasteiger partial charge in [0.1, 0.15) is 5.52 Å². The second-order valence-corrected chi connectivity index (χ2v) is 6.84. The van der Waals surface area contributed by atoms with Crippen LogP contribution in [-0.2, 0) is 11.3 Å². The molecule has 0 bridgehead atoms. The smallest absolute Gasteiger partial charge is 0.289 e. The molecule has 27 heavy (non-hydrogen) atoms. The van der Waals surface area contributed by atoms with Crippen LogP contribution in [0.5, 0.6) is 0 Å². The highest BCUT2D eigenvalue weighted by atomic mass is 35.5. The van der Waals surface area contributed by atoms with Crippen LogP contribution in [0.15, 0.2) is 52.2 Å². The number of hydrogen-bond acceptors (Lipinski definition) is 5. The minimum Gasteiger partial charge on any atom is -0.325 e. The largest absolute Gasteiger partial charge is 0.325 e. The molecule has 0 fully saturated rings. The molecule has 0 radical (unpaired) electrons. The summed E-state index contributed by atoms with van der Waals surface area (Å²) >= 11 is 6.19. The Kier molecular flexibility index (Phi) is 6.02. The maximum atomic E-state index is 12.7. The highest BCUT2D eigenvalue weighted by molar-refractivity contribution is 7.99. The fraction of sp³-hybridized carbons (Fsp3) is 0.176. The lowest BCUT2D eigenvalue weighted by molar-refractivity contribution is -0.116. The average Bonchev–Trinajstić information content (AvgIpc) is 2.64. The van der Waals surface area contributed by atoms with E-state index in [-0.39, 0.29) is 45.9 Å². The molecule has 0 aliphatic rings. The molecule has 0 unspecified atom stereocenters. The van der Waals surface area contributed by atoms with E-state index in [0.29, 0.717) is 10.9 Å². The number of benzene rings is 2. The summed E-state index contributed by atoms with van der Waals surface area (Å²) in [5.41, 5.74) is 0.302. The number of thioether (sulfide) groups is 1. The molecule has 0 aliphatic heterocycles. The van der Waals surface area contributed by atoms with Crippen LogP contribution in [0, 0.1) is 0 Å². The second kappa shape index (κ2) is 8.45. The molecule has 3 aromatic rings. The maximum absolute atomic E-state index is 12.7. The van der Waals surface area contributed by atoms with Gasteiger partial charge in [0.2, 0.25) is 5.91 Å². The van der Waals surface area contributed by atoms with Crippen LogP contribution >= 0.6 is 23.4 Å². The number of rotatable bonds is 6. The van der Waals surface area contributed by atoms with E-state index in [1.807, 2.05) is 0 Å². The van der Waals surface area contributed by atoms with E-state index < -0.39 is 11.7 Å². The van der Waals surface area contributed by atoms with Gasteiger partial charge in [0.05, 0.1) is 27.5 Å². The molecular weight excluding hydrogens is 398 g/mol. The SMILES string of the molecule is O=C(CCn1nnc2ccccc2c1=O)Nc1cccc(Cl)c1SC(F)F. The minimum atomic E-state index is -2.67. The topological polar surface area (TPSA) is 76.9 Å². The molecule has 6 nitrogen and oxygen atoms in total. The Hall–Kier alpha value is -2.52. The van der Waals surface area contributed by atoms with Crippen molar-refractivity contribution in [2.45, 2.75) is 23.6 Å². The van der Waals surface area contributed by atoms with E-state index in [4.69, 9.17) is 11.6 Å². The van der Waals surface area contributed by atoms with E-state index in [1.165, 1.54) is 12.1 Å². The first kappa shape index (κ1) is 19.2. The van der Waals surface area contributed by atoms with Crippen LogP contribution in [0.2, 0.25) is 5.02 Å². The van der Waals surface area contributed by atoms with Gasteiger partial charge in [0, 0.05) is 6.42 Å². The highest BCUT2D eigenvalue weighted by Gasteiger charge is 2.16. The lowest BCUT2D eigenvalue weighted by Gasteiger charge is -2.12. The van der Waals surface area contributed by atoms with Crippen molar-refractivity contribution in [2.24, 2.45) is 0 Å². The summed E-state index contributed by atoms with van der Waals surface area (Å²) < 4.78 is 26.5. The molecule has 0 saturated heterocycles. The van der Waals surface area contributed by atoms with Crippen LogP contribution in [0.1, 0.15) is 6.42 Å². The molecule has 0 atom stereocenters. The molecule has 10 heteroatoms. The Morgan fingerprint density at radius 3 is 2.78 bits per heavy atom. The first-order valence-electron chi connectivity index (χ1n) is 7.81. The van der Waals surface area contributed by atoms with Crippen LogP contribution < -0.4 is 10.9 Å². The number of halogens is 3. The van der Waals surface area contributed by atoms with Crippen molar-refractivity contribution in [2.75, 3.05) is 5.32 Å². The number of alkyl halides is 2. The summed E-state index contributed by atoms with van der Waals surface area (Å²) in [6.45, 7) is 0.000387. The van der Waals surface area contributed by atoms with Crippen LogP contribution in [-0.4, -0.2) is 26.7 Å². The highest BCUT2D eigenvalue weighted by Crippen LogP contribution is 2.37. The monoisotopic (exact) mass is 410 g/mol. The van der Waals surface area contributed by atoms with Crippen molar-refractivity contribution >= 4 is 45.9 Å². The fourth-order valence-corrected chi connectivity index (χ4v) is 3.32. The van der Waals surface area contributed by atoms with Gasteiger partial charge in [0.15, 0.2) is 0 Å². The zero-order chi connectivity index (χ0) is 19.4. The number of aryl methyl sites for hydroxylation is 1. The third-order valence-corrected chi connectivity index (χ3v) is 4.91. The average molecular weight is 411 g/mol. The quantitative estimate of drug-likeness (QED) is 0.626. The number of fused-ring (bicyclic) bond motifs is 1. The molecule has 1 amide bonds. The predicted molar refractivity (Wildman–Crippen MR) is 100 cm³/mol. The molecule has 1 aromatic heterocycles. The molecule has 1 heterocycles. The summed E-state index contributed by atoms with van der Waals surface area (Å²) in [5.74, 6) is -3.14. The molecule has 2 aromatic carbocycles. The third kappa shape index (κ3) is 4.61. The first-order valence-corrected chi connectivity index (χ1v) is 9.07. The van der Waals surface area contributed by atoms with Crippen molar-refractivity contribution < 1.29 is 13.6 Å². The van der Waals surface area contributed by atoms with E-state index in [1.54, 1.807) is 30.3 Å². The molecule has 0 aliphatic carbocycles. The minimum absolute atomic E-state index is 0.000387. The van der Waals surface area contributed by atoms with Gasteiger partial charge in [-0.25, -0.2) is 4.68 Å². The zero-order valence-electron chi connectivity index (χ0n) is 13.7. The number of carbonyl (C=O) groups excluding carboxylic acids is 1. The van der Waals surface area contributed by atoms with Gasteiger partial charge >= 0.3 is 0 Å². The second-order valence-electron chi connectivity index (χ2n) is 5.43. The number of carbonyl (C=O) groups is 1. The van der Waals surface area contributed by atoms with E-state index in [9.17, 15) is 18.4 Å². The first-order chi connectivity index (χ1) is 13.0. The Labute approximate surface area is 161 Å². The van der Waals surface area contributed by atoms with Crippen molar-refractivity contribution in [1.29, 1.82) is 0 Å². The maximum Gasteiger partial charge on any atom is 0.289 e. The van der Waals surface area contributed by atoms with Gasteiger partial charge < -0.3 is 5.32 Å². The Balaban J connectivity index is 1.72. The number of hydrogen-bond donors (Lipinski definition) is 1. The van der Waals surface area contributed by atoms with Gasteiger partial charge in [-0.2, -0.15) is 8.78 Å². The Morgan fingerprint density at radius 2 is 2.00 bits per heavy atom. The van der Waals surface area contributed by atoms with E-state index in [2.05, 4.69) is 15.6 Å². The molecule has 0 spiro atoms. The normalized spacial score (nSPS) is 11.1. The summed E-state index contributed by atoms with van der Waals surface area (Å²) in [7, 11) is 0.